The molecule has 0 aromatic heterocycles. The first kappa shape index (κ1) is 15.6. The van der Waals surface area contributed by atoms with Crippen LogP contribution >= 0.6 is 0 Å². The lowest BCUT2D eigenvalue weighted by molar-refractivity contribution is 0.102. The minimum absolute atomic E-state index is 0.186. The molecule has 22 heavy (non-hydrogen) atoms. The van der Waals surface area contributed by atoms with Crippen molar-refractivity contribution < 1.29 is 9.59 Å². The molecule has 0 radical (unpaired) electrons. The lowest BCUT2D eigenvalue weighted by Crippen LogP contribution is -2.19. The average molecular weight is 297 g/mol. The van der Waals surface area contributed by atoms with Crippen molar-refractivity contribution in [2.75, 3.05) is 10.6 Å². The smallest absolute Gasteiger partial charge is 0.316 e. The number of aryl methyl sites for hydroxylation is 2. The summed E-state index contributed by atoms with van der Waals surface area (Å²) in [6.45, 7) is 4.02. The molecule has 2 aromatic carbocycles. The van der Waals surface area contributed by atoms with Crippen molar-refractivity contribution in [2.45, 2.75) is 20.3 Å². The van der Waals surface area contributed by atoms with Crippen LogP contribution in [-0.2, 0) is 6.42 Å². The summed E-state index contributed by atoms with van der Waals surface area (Å²) in [6, 6.07) is 11.9. The van der Waals surface area contributed by atoms with Crippen LogP contribution in [0.15, 0.2) is 42.5 Å². The van der Waals surface area contributed by atoms with Gasteiger partial charge in [0, 0.05) is 16.9 Å². The topological polar surface area (TPSA) is 84.2 Å². The van der Waals surface area contributed by atoms with Crippen molar-refractivity contribution in [3.05, 3.63) is 59.2 Å². The lowest BCUT2D eigenvalue weighted by atomic mass is 10.1. The highest BCUT2D eigenvalue weighted by molar-refractivity contribution is 6.05. The third kappa shape index (κ3) is 3.63. The Morgan fingerprint density at radius 2 is 1.73 bits per heavy atom. The maximum atomic E-state index is 12.3. The number of para-hydroxylation sites is 1. The number of nitrogens with one attached hydrogen (secondary N) is 2. The molecule has 4 N–H and O–H groups in total. The molecule has 114 valence electrons. The molecule has 2 rings (SSSR count). The van der Waals surface area contributed by atoms with Crippen LogP contribution in [0.4, 0.5) is 16.2 Å². The van der Waals surface area contributed by atoms with Gasteiger partial charge in [-0.15, -0.1) is 0 Å². The molecule has 0 spiro atoms. The zero-order chi connectivity index (χ0) is 16.1. The van der Waals surface area contributed by atoms with Gasteiger partial charge in [0.1, 0.15) is 0 Å². The zero-order valence-corrected chi connectivity index (χ0v) is 12.6. The second-order valence-corrected chi connectivity index (χ2v) is 4.98. The van der Waals surface area contributed by atoms with Gasteiger partial charge < -0.3 is 16.4 Å². The van der Waals surface area contributed by atoms with Crippen LogP contribution in [0.3, 0.4) is 0 Å². The Balaban J connectivity index is 2.17. The van der Waals surface area contributed by atoms with Crippen molar-refractivity contribution in [2.24, 2.45) is 5.73 Å². The number of benzene rings is 2. The highest BCUT2D eigenvalue weighted by Gasteiger charge is 2.10. The van der Waals surface area contributed by atoms with Crippen molar-refractivity contribution >= 4 is 23.3 Å². The molecule has 0 heterocycles. The number of carbonyl (C=O) groups excluding carboxylic acids is 2. The van der Waals surface area contributed by atoms with Crippen molar-refractivity contribution in [1.82, 2.24) is 0 Å². The minimum Gasteiger partial charge on any atom is -0.351 e. The largest absolute Gasteiger partial charge is 0.351 e. The van der Waals surface area contributed by atoms with Crippen molar-refractivity contribution in [1.29, 1.82) is 0 Å². The Hall–Kier alpha value is -2.82. The van der Waals surface area contributed by atoms with Gasteiger partial charge in [-0.3, -0.25) is 4.79 Å². The predicted molar refractivity (Wildman–Crippen MR) is 88.2 cm³/mol. The molecule has 0 bridgehead atoms. The first-order valence-corrected chi connectivity index (χ1v) is 7.07. The summed E-state index contributed by atoms with van der Waals surface area (Å²) >= 11 is 0. The number of urea groups is 1. The van der Waals surface area contributed by atoms with E-state index in [1.54, 1.807) is 24.3 Å². The number of hydrogen-bond acceptors (Lipinski definition) is 2. The maximum Gasteiger partial charge on any atom is 0.316 e. The normalized spacial score (nSPS) is 10.1. The van der Waals surface area contributed by atoms with E-state index in [4.69, 9.17) is 5.73 Å². The van der Waals surface area contributed by atoms with E-state index in [0.29, 0.717) is 11.3 Å². The molecule has 0 aliphatic rings. The monoisotopic (exact) mass is 297 g/mol. The summed E-state index contributed by atoms with van der Waals surface area (Å²) in [5, 5.41) is 5.41. The van der Waals surface area contributed by atoms with Crippen molar-refractivity contribution in [3.8, 4) is 0 Å². The summed E-state index contributed by atoms with van der Waals surface area (Å²) in [6.07, 6.45) is 0.846. The number of hydrogen-bond donors (Lipinski definition) is 3. The third-order valence-electron chi connectivity index (χ3n) is 3.39. The van der Waals surface area contributed by atoms with Gasteiger partial charge in [0.25, 0.3) is 5.91 Å². The Morgan fingerprint density at radius 3 is 2.32 bits per heavy atom. The van der Waals surface area contributed by atoms with E-state index < -0.39 is 6.03 Å². The molecule has 5 nitrogen and oxygen atoms in total. The van der Waals surface area contributed by atoms with Crippen LogP contribution in [0.2, 0.25) is 0 Å². The average Bonchev–Trinajstić information content (AvgIpc) is 2.49. The van der Waals surface area contributed by atoms with Crippen LogP contribution < -0.4 is 16.4 Å². The van der Waals surface area contributed by atoms with Crippen LogP contribution in [0.5, 0.6) is 0 Å². The van der Waals surface area contributed by atoms with Gasteiger partial charge in [0.2, 0.25) is 0 Å². The fraction of sp³-hybridized carbons (Fsp3) is 0.176. The number of nitrogens with two attached hydrogens (primary N) is 1. The Morgan fingerprint density at radius 1 is 1.05 bits per heavy atom. The Bertz CT molecular complexity index is 694. The van der Waals surface area contributed by atoms with E-state index in [1.165, 1.54) is 0 Å². The summed E-state index contributed by atoms with van der Waals surface area (Å²) in [5.41, 5.74) is 9.09. The fourth-order valence-corrected chi connectivity index (χ4v) is 2.23. The fourth-order valence-electron chi connectivity index (χ4n) is 2.23. The third-order valence-corrected chi connectivity index (χ3v) is 3.39. The summed E-state index contributed by atoms with van der Waals surface area (Å²) in [7, 11) is 0. The molecule has 0 aliphatic heterocycles. The molecule has 3 amide bonds. The highest BCUT2D eigenvalue weighted by atomic mass is 16.2. The highest BCUT2D eigenvalue weighted by Crippen LogP contribution is 2.22. The summed E-state index contributed by atoms with van der Waals surface area (Å²) in [5.74, 6) is -0.186. The van der Waals surface area contributed by atoms with Gasteiger partial charge in [-0.2, -0.15) is 0 Å². The molecule has 0 unspecified atom stereocenters. The Kier molecular flexibility index (Phi) is 4.78. The standard InChI is InChI=1S/C17H19N3O2/c1-3-12-6-4-5-11(2)15(12)20-16(21)13-7-9-14(10-8-13)19-17(18)22/h4-10H,3H2,1-2H3,(H,20,21)(H3,18,19,22). The number of amides is 3. The van der Waals surface area contributed by atoms with E-state index in [2.05, 4.69) is 17.6 Å². The first-order valence-electron chi connectivity index (χ1n) is 7.07. The van der Waals surface area contributed by atoms with E-state index in [-0.39, 0.29) is 5.91 Å². The minimum atomic E-state index is -0.635. The molecule has 2 aromatic rings. The van der Waals surface area contributed by atoms with Gasteiger partial charge in [-0.05, 0) is 48.7 Å². The van der Waals surface area contributed by atoms with Gasteiger partial charge >= 0.3 is 6.03 Å². The first-order chi connectivity index (χ1) is 10.5. The number of carbonyl (C=O) groups is 2. The van der Waals surface area contributed by atoms with Crippen LogP contribution in [0.25, 0.3) is 0 Å². The van der Waals surface area contributed by atoms with Crippen LogP contribution in [0, 0.1) is 6.92 Å². The molecule has 0 aliphatic carbocycles. The van der Waals surface area contributed by atoms with Gasteiger partial charge in [0.05, 0.1) is 0 Å². The predicted octanol–water partition coefficient (Wildman–Crippen LogP) is 3.30. The molecule has 0 saturated heterocycles. The van der Waals surface area contributed by atoms with Gasteiger partial charge in [-0.1, -0.05) is 25.1 Å². The van der Waals surface area contributed by atoms with E-state index >= 15 is 0 Å². The van der Waals surface area contributed by atoms with E-state index in [9.17, 15) is 9.59 Å². The zero-order valence-electron chi connectivity index (χ0n) is 12.6. The second-order valence-electron chi connectivity index (χ2n) is 4.98. The maximum absolute atomic E-state index is 12.3. The number of primary amides is 1. The van der Waals surface area contributed by atoms with E-state index in [0.717, 1.165) is 23.2 Å². The second kappa shape index (κ2) is 6.76. The quantitative estimate of drug-likeness (QED) is 0.809. The van der Waals surface area contributed by atoms with Crippen LogP contribution in [-0.4, -0.2) is 11.9 Å². The SMILES string of the molecule is CCc1cccc(C)c1NC(=O)c1ccc(NC(N)=O)cc1. The number of anilines is 2. The Labute approximate surface area is 129 Å². The van der Waals surface area contributed by atoms with Crippen LogP contribution in [0.1, 0.15) is 28.4 Å². The molecule has 0 saturated carbocycles. The number of rotatable bonds is 4. The molecule has 0 fully saturated rings. The van der Waals surface area contributed by atoms with Gasteiger partial charge in [-0.25, -0.2) is 4.79 Å². The summed E-state index contributed by atoms with van der Waals surface area (Å²) < 4.78 is 0. The molecular weight excluding hydrogens is 278 g/mol. The molecular formula is C17H19N3O2. The lowest BCUT2D eigenvalue weighted by Gasteiger charge is -2.13. The molecule has 0 atom stereocenters. The van der Waals surface area contributed by atoms with Gasteiger partial charge in [0.15, 0.2) is 0 Å². The van der Waals surface area contributed by atoms with Crippen molar-refractivity contribution in [3.63, 3.8) is 0 Å². The summed E-state index contributed by atoms with van der Waals surface area (Å²) in [4.78, 5) is 23.1. The van der Waals surface area contributed by atoms with E-state index in [1.807, 2.05) is 25.1 Å². The molecule has 5 heteroatoms.